The number of hydrogen-bond donors (Lipinski definition) is 2. The third-order valence-electron chi connectivity index (χ3n) is 2.66. The van der Waals surface area contributed by atoms with Crippen LogP contribution in [-0.4, -0.2) is 16.9 Å². The highest BCUT2D eigenvalue weighted by Gasteiger charge is 2.36. The molecule has 0 bridgehead atoms. The van der Waals surface area contributed by atoms with Gasteiger partial charge in [0.1, 0.15) is 11.5 Å². The van der Waals surface area contributed by atoms with Crippen LogP contribution < -0.4 is 5.32 Å². The number of amides is 1. The van der Waals surface area contributed by atoms with Crippen molar-refractivity contribution in [1.29, 1.82) is 0 Å². The fourth-order valence-electron chi connectivity index (χ4n) is 1.62. The minimum absolute atomic E-state index is 0.213. The fourth-order valence-corrected chi connectivity index (χ4v) is 1.62. The van der Waals surface area contributed by atoms with Crippen LogP contribution in [-0.2, 0) is 0 Å². The molecule has 0 saturated heterocycles. The van der Waals surface area contributed by atoms with Crippen molar-refractivity contribution in [2.45, 2.75) is 25.8 Å². The van der Waals surface area contributed by atoms with Gasteiger partial charge in [-0.1, -0.05) is 13.3 Å². The molecule has 1 heterocycles. The van der Waals surface area contributed by atoms with Gasteiger partial charge in [-0.25, -0.2) is 4.39 Å². The summed E-state index contributed by atoms with van der Waals surface area (Å²) in [6, 6.07) is 1.50. The molecular formula is C10H13FN2O. The Balaban J connectivity index is 1.91. The van der Waals surface area contributed by atoms with Crippen LogP contribution in [0.25, 0.3) is 0 Å². The van der Waals surface area contributed by atoms with Gasteiger partial charge in [-0.2, -0.15) is 0 Å². The Morgan fingerprint density at radius 3 is 3.07 bits per heavy atom. The van der Waals surface area contributed by atoms with Crippen LogP contribution >= 0.6 is 0 Å². The number of halogens is 1. The normalized spacial score (nSPS) is 24.7. The SMILES string of the molecule is CC[C@@H]1C[C@H]1NC(=O)c1cc(F)c[nH]1. The molecule has 4 heteroatoms. The van der Waals surface area contributed by atoms with E-state index in [-0.39, 0.29) is 5.91 Å². The summed E-state index contributed by atoms with van der Waals surface area (Å²) < 4.78 is 12.6. The quantitative estimate of drug-likeness (QED) is 0.759. The third-order valence-corrected chi connectivity index (χ3v) is 2.66. The molecule has 0 radical (unpaired) electrons. The Bertz CT molecular complexity index is 348. The number of rotatable bonds is 3. The van der Waals surface area contributed by atoms with Crippen LogP contribution in [0.4, 0.5) is 4.39 Å². The van der Waals surface area contributed by atoms with Crippen LogP contribution in [0.2, 0.25) is 0 Å². The highest BCUT2D eigenvalue weighted by atomic mass is 19.1. The summed E-state index contributed by atoms with van der Waals surface area (Å²) in [4.78, 5) is 14.0. The lowest BCUT2D eigenvalue weighted by Crippen LogP contribution is -2.26. The van der Waals surface area contributed by atoms with Gasteiger partial charge in [0.15, 0.2) is 0 Å². The number of carbonyl (C=O) groups is 1. The van der Waals surface area contributed by atoms with Crippen LogP contribution in [0.5, 0.6) is 0 Å². The average Bonchev–Trinajstić information content (AvgIpc) is 2.77. The summed E-state index contributed by atoms with van der Waals surface area (Å²) in [6.07, 6.45) is 3.31. The molecule has 0 aliphatic heterocycles. The maximum absolute atomic E-state index is 12.6. The van der Waals surface area contributed by atoms with Gasteiger partial charge in [-0.3, -0.25) is 4.79 Å². The van der Waals surface area contributed by atoms with E-state index in [4.69, 9.17) is 0 Å². The number of H-pyrrole nitrogens is 1. The summed E-state index contributed by atoms with van der Waals surface area (Å²) in [6.45, 7) is 2.10. The van der Waals surface area contributed by atoms with E-state index < -0.39 is 5.82 Å². The lowest BCUT2D eigenvalue weighted by atomic mass is 10.3. The predicted molar refractivity (Wildman–Crippen MR) is 50.4 cm³/mol. The van der Waals surface area contributed by atoms with Crippen LogP contribution in [0.3, 0.4) is 0 Å². The van der Waals surface area contributed by atoms with Crippen LogP contribution in [0.15, 0.2) is 12.3 Å². The van der Waals surface area contributed by atoms with Crippen molar-refractivity contribution in [3.8, 4) is 0 Å². The average molecular weight is 196 g/mol. The summed E-state index contributed by atoms with van der Waals surface area (Å²) in [5, 5.41) is 2.85. The summed E-state index contributed by atoms with van der Waals surface area (Å²) >= 11 is 0. The first-order valence-electron chi connectivity index (χ1n) is 4.85. The highest BCUT2D eigenvalue weighted by Crippen LogP contribution is 2.33. The van der Waals surface area contributed by atoms with E-state index in [1.807, 2.05) is 0 Å². The number of hydrogen-bond acceptors (Lipinski definition) is 1. The van der Waals surface area contributed by atoms with Gasteiger partial charge >= 0.3 is 0 Å². The molecule has 0 spiro atoms. The first-order chi connectivity index (χ1) is 6.70. The Kier molecular flexibility index (Phi) is 2.27. The van der Waals surface area contributed by atoms with Gasteiger partial charge in [-0.05, 0) is 12.3 Å². The molecule has 2 atom stereocenters. The molecule has 1 aromatic heterocycles. The molecule has 2 N–H and O–H groups in total. The van der Waals surface area contributed by atoms with E-state index in [0.29, 0.717) is 17.7 Å². The molecule has 76 valence electrons. The van der Waals surface area contributed by atoms with Gasteiger partial charge in [0.25, 0.3) is 5.91 Å². The summed E-state index contributed by atoms with van der Waals surface area (Å²) in [7, 11) is 0. The second-order valence-corrected chi connectivity index (χ2v) is 3.72. The maximum atomic E-state index is 12.6. The third kappa shape index (κ3) is 1.78. The van der Waals surface area contributed by atoms with Gasteiger partial charge in [0.2, 0.25) is 0 Å². The van der Waals surface area contributed by atoms with Crippen molar-refractivity contribution in [3.05, 3.63) is 23.8 Å². The van der Waals surface area contributed by atoms with E-state index in [1.54, 1.807) is 0 Å². The summed E-state index contributed by atoms with van der Waals surface area (Å²) in [5.74, 6) is -0.00778. The molecule has 1 aliphatic carbocycles. The zero-order valence-electron chi connectivity index (χ0n) is 8.01. The van der Waals surface area contributed by atoms with E-state index in [1.165, 1.54) is 12.3 Å². The van der Waals surface area contributed by atoms with Gasteiger partial charge in [-0.15, -0.1) is 0 Å². The lowest BCUT2D eigenvalue weighted by molar-refractivity contribution is 0.0944. The van der Waals surface area contributed by atoms with E-state index >= 15 is 0 Å². The predicted octanol–water partition coefficient (Wildman–Crippen LogP) is 1.68. The first-order valence-corrected chi connectivity index (χ1v) is 4.85. The molecule has 1 amide bonds. The monoisotopic (exact) mass is 196 g/mol. The van der Waals surface area contributed by atoms with Crippen molar-refractivity contribution >= 4 is 5.91 Å². The van der Waals surface area contributed by atoms with Crippen LogP contribution in [0, 0.1) is 11.7 Å². The van der Waals surface area contributed by atoms with E-state index in [2.05, 4.69) is 17.2 Å². The molecule has 1 fully saturated rings. The Morgan fingerprint density at radius 2 is 2.57 bits per heavy atom. The second kappa shape index (κ2) is 3.44. The zero-order chi connectivity index (χ0) is 10.1. The summed E-state index contributed by atoms with van der Waals surface area (Å²) in [5.41, 5.74) is 0.296. The van der Waals surface area contributed by atoms with Gasteiger partial charge < -0.3 is 10.3 Å². The van der Waals surface area contributed by atoms with Crippen molar-refractivity contribution in [3.63, 3.8) is 0 Å². The van der Waals surface area contributed by atoms with Crippen molar-refractivity contribution < 1.29 is 9.18 Å². The van der Waals surface area contributed by atoms with Gasteiger partial charge in [0.05, 0.1) is 0 Å². The Morgan fingerprint density at radius 1 is 1.79 bits per heavy atom. The van der Waals surface area contributed by atoms with Crippen LogP contribution in [0.1, 0.15) is 30.3 Å². The van der Waals surface area contributed by atoms with E-state index in [9.17, 15) is 9.18 Å². The van der Waals surface area contributed by atoms with Gasteiger partial charge in [0, 0.05) is 18.3 Å². The number of nitrogens with one attached hydrogen (secondary N) is 2. The topological polar surface area (TPSA) is 44.9 Å². The number of aromatic nitrogens is 1. The minimum Gasteiger partial charge on any atom is -0.355 e. The number of carbonyl (C=O) groups excluding carboxylic acids is 1. The zero-order valence-corrected chi connectivity index (χ0v) is 8.01. The van der Waals surface area contributed by atoms with E-state index in [0.717, 1.165) is 12.8 Å². The molecule has 1 saturated carbocycles. The van der Waals surface area contributed by atoms with Crippen molar-refractivity contribution in [2.75, 3.05) is 0 Å². The van der Waals surface area contributed by atoms with Crippen molar-refractivity contribution in [2.24, 2.45) is 5.92 Å². The Labute approximate surface area is 81.7 Å². The molecule has 14 heavy (non-hydrogen) atoms. The fraction of sp³-hybridized carbons (Fsp3) is 0.500. The molecule has 0 aromatic carbocycles. The molecule has 0 unspecified atom stereocenters. The largest absolute Gasteiger partial charge is 0.355 e. The standard InChI is InChI=1S/C10H13FN2O/c1-2-6-3-8(6)13-10(14)9-4-7(11)5-12-9/h4-6,8,12H,2-3H2,1H3,(H,13,14)/t6-,8-/m1/s1. The minimum atomic E-state index is -0.405. The van der Waals surface area contributed by atoms with Crippen molar-refractivity contribution in [1.82, 2.24) is 10.3 Å². The first kappa shape index (κ1) is 9.24. The second-order valence-electron chi connectivity index (χ2n) is 3.72. The molecular weight excluding hydrogens is 183 g/mol. The highest BCUT2D eigenvalue weighted by molar-refractivity contribution is 5.92. The maximum Gasteiger partial charge on any atom is 0.268 e. The molecule has 2 rings (SSSR count). The Hall–Kier alpha value is -1.32. The molecule has 1 aromatic rings. The smallest absolute Gasteiger partial charge is 0.268 e. The molecule has 1 aliphatic rings. The molecule has 3 nitrogen and oxygen atoms in total. The lowest BCUT2D eigenvalue weighted by Gasteiger charge is -2.00. The number of aromatic amines is 1.